The third-order valence-electron chi connectivity index (χ3n) is 5.31. The van der Waals surface area contributed by atoms with Crippen molar-refractivity contribution in [3.05, 3.63) is 65.7 Å². The van der Waals surface area contributed by atoms with Crippen molar-refractivity contribution in [2.24, 2.45) is 0 Å². The van der Waals surface area contributed by atoms with Crippen molar-refractivity contribution in [2.75, 3.05) is 20.1 Å². The van der Waals surface area contributed by atoms with Gasteiger partial charge in [-0.25, -0.2) is 12.7 Å². The van der Waals surface area contributed by atoms with E-state index in [4.69, 9.17) is 0 Å². The van der Waals surface area contributed by atoms with Crippen LogP contribution < -0.4 is 5.32 Å². The SMILES string of the molecule is CCC(C(=O)NC)N(CCc1ccccc1)C(=O)CN1C(=O)c2ccccc2S1(=O)=O. The van der Waals surface area contributed by atoms with Crippen molar-refractivity contribution < 1.29 is 22.8 Å². The highest BCUT2D eigenvalue weighted by atomic mass is 32.2. The second kappa shape index (κ2) is 9.30. The minimum atomic E-state index is -4.11. The summed E-state index contributed by atoms with van der Waals surface area (Å²) in [4.78, 5) is 39.5. The van der Waals surface area contributed by atoms with Crippen LogP contribution in [0.3, 0.4) is 0 Å². The highest BCUT2D eigenvalue weighted by Gasteiger charge is 2.43. The first kappa shape index (κ1) is 22.5. The number of likely N-dealkylation sites (N-methyl/N-ethyl adjacent to an activating group) is 1. The number of fused-ring (bicyclic) bond motifs is 1. The topological polar surface area (TPSA) is 104 Å². The molecule has 0 aromatic heterocycles. The van der Waals surface area contributed by atoms with Crippen molar-refractivity contribution in [2.45, 2.75) is 30.7 Å². The molecular formula is C22H25N3O5S. The van der Waals surface area contributed by atoms with Gasteiger partial charge in [0.1, 0.15) is 17.5 Å². The lowest BCUT2D eigenvalue weighted by Gasteiger charge is -2.31. The number of nitrogens with zero attached hydrogens (tertiary/aromatic N) is 2. The van der Waals surface area contributed by atoms with Crippen molar-refractivity contribution in [3.8, 4) is 0 Å². The number of rotatable bonds is 8. The number of hydrogen-bond acceptors (Lipinski definition) is 5. The van der Waals surface area contributed by atoms with Crippen LogP contribution in [0.15, 0.2) is 59.5 Å². The molecule has 1 atom stereocenters. The van der Waals surface area contributed by atoms with Crippen LogP contribution in [0.5, 0.6) is 0 Å². The summed E-state index contributed by atoms with van der Waals surface area (Å²) in [6.07, 6.45) is 0.835. The standard InChI is InChI=1S/C22H25N3O5S/c1-3-18(21(27)23-2)24(14-13-16-9-5-4-6-10-16)20(26)15-25-22(28)17-11-7-8-12-19(17)31(25,29)30/h4-12,18H,3,13-15H2,1-2H3,(H,23,27). The second-order valence-electron chi connectivity index (χ2n) is 7.17. The van der Waals surface area contributed by atoms with E-state index in [2.05, 4.69) is 5.32 Å². The van der Waals surface area contributed by atoms with Crippen LogP contribution in [0.2, 0.25) is 0 Å². The summed E-state index contributed by atoms with van der Waals surface area (Å²) in [7, 11) is -2.63. The van der Waals surface area contributed by atoms with Gasteiger partial charge < -0.3 is 10.2 Å². The Labute approximate surface area is 181 Å². The molecule has 3 rings (SSSR count). The average Bonchev–Trinajstić information content (AvgIpc) is 2.97. The van der Waals surface area contributed by atoms with E-state index in [0.717, 1.165) is 5.56 Å². The number of benzene rings is 2. The lowest BCUT2D eigenvalue weighted by molar-refractivity contribution is -0.140. The smallest absolute Gasteiger partial charge is 0.269 e. The Morgan fingerprint density at radius 3 is 2.32 bits per heavy atom. The van der Waals surface area contributed by atoms with Crippen molar-refractivity contribution in [1.82, 2.24) is 14.5 Å². The summed E-state index contributed by atoms with van der Waals surface area (Å²) in [5, 5.41) is 2.55. The van der Waals surface area contributed by atoms with E-state index in [-0.39, 0.29) is 22.9 Å². The summed E-state index contributed by atoms with van der Waals surface area (Å²) in [5.74, 6) is -1.68. The summed E-state index contributed by atoms with van der Waals surface area (Å²) >= 11 is 0. The zero-order chi connectivity index (χ0) is 22.6. The maximum Gasteiger partial charge on any atom is 0.269 e. The predicted octanol–water partition coefficient (Wildman–Crippen LogP) is 1.43. The summed E-state index contributed by atoms with van der Waals surface area (Å²) < 4.78 is 26.2. The van der Waals surface area contributed by atoms with Gasteiger partial charge in [-0.2, -0.15) is 0 Å². The number of amides is 3. The van der Waals surface area contributed by atoms with E-state index in [1.165, 1.54) is 30.1 Å². The molecule has 3 amide bonds. The summed E-state index contributed by atoms with van der Waals surface area (Å²) in [5.41, 5.74) is 1.02. The Morgan fingerprint density at radius 2 is 1.71 bits per heavy atom. The molecule has 0 spiro atoms. The molecule has 1 heterocycles. The van der Waals surface area contributed by atoms with Crippen molar-refractivity contribution >= 4 is 27.7 Å². The first-order valence-corrected chi connectivity index (χ1v) is 11.5. The summed E-state index contributed by atoms with van der Waals surface area (Å²) in [6, 6.07) is 14.6. The molecule has 8 nitrogen and oxygen atoms in total. The lowest BCUT2D eigenvalue weighted by Crippen LogP contribution is -2.52. The average molecular weight is 444 g/mol. The molecule has 164 valence electrons. The molecule has 2 aromatic rings. The zero-order valence-corrected chi connectivity index (χ0v) is 18.3. The van der Waals surface area contributed by atoms with Gasteiger partial charge in [-0.15, -0.1) is 0 Å². The number of sulfonamides is 1. The first-order valence-electron chi connectivity index (χ1n) is 10.0. The van der Waals surface area contributed by atoms with Gasteiger partial charge in [0.25, 0.3) is 15.9 Å². The molecule has 2 aromatic carbocycles. The van der Waals surface area contributed by atoms with E-state index in [1.54, 1.807) is 13.0 Å². The summed E-state index contributed by atoms with van der Waals surface area (Å²) in [6.45, 7) is 1.33. The third kappa shape index (κ3) is 4.46. The Kier molecular flexibility index (Phi) is 6.74. The molecule has 1 aliphatic heterocycles. The quantitative estimate of drug-likeness (QED) is 0.665. The lowest BCUT2D eigenvalue weighted by atomic mass is 10.1. The van der Waals surface area contributed by atoms with Gasteiger partial charge >= 0.3 is 0 Å². The van der Waals surface area contributed by atoms with Gasteiger partial charge in [-0.3, -0.25) is 14.4 Å². The molecular weight excluding hydrogens is 418 g/mol. The molecule has 1 N–H and O–H groups in total. The van der Waals surface area contributed by atoms with E-state index in [9.17, 15) is 22.8 Å². The normalized spacial score (nSPS) is 15.3. The van der Waals surface area contributed by atoms with E-state index >= 15 is 0 Å². The van der Waals surface area contributed by atoms with E-state index in [0.29, 0.717) is 17.1 Å². The van der Waals surface area contributed by atoms with Crippen molar-refractivity contribution in [3.63, 3.8) is 0 Å². The fourth-order valence-electron chi connectivity index (χ4n) is 3.66. The van der Waals surface area contributed by atoms with Crippen LogP contribution in [0.4, 0.5) is 0 Å². The number of carbonyl (C=O) groups is 3. The van der Waals surface area contributed by atoms with Crippen LogP contribution in [-0.2, 0) is 26.0 Å². The van der Waals surface area contributed by atoms with Gasteiger partial charge in [-0.05, 0) is 30.5 Å². The molecule has 0 aliphatic carbocycles. The molecule has 0 saturated carbocycles. The van der Waals surface area contributed by atoms with Crippen LogP contribution in [0.1, 0.15) is 29.3 Å². The predicted molar refractivity (Wildman–Crippen MR) is 115 cm³/mol. The van der Waals surface area contributed by atoms with Crippen LogP contribution in [0.25, 0.3) is 0 Å². The van der Waals surface area contributed by atoms with Gasteiger partial charge in [0.15, 0.2) is 0 Å². The molecule has 9 heteroatoms. The Morgan fingerprint density at radius 1 is 1.06 bits per heavy atom. The van der Waals surface area contributed by atoms with Gasteiger partial charge in [0.2, 0.25) is 11.8 Å². The van der Waals surface area contributed by atoms with Crippen LogP contribution in [-0.4, -0.2) is 61.5 Å². The van der Waals surface area contributed by atoms with E-state index in [1.807, 2.05) is 30.3 Å². The molecule has 0 saturated heterocycles. The van der Waals surface area contributed by atoms with Gasteiger partial charge in [0.05, 0.1) is 5.56 Å². The van der Waals surface area contributed by atoms with Crippen molar-refractivity contribution in [1.29, 1.82) is 0 Å². The first-order chi connectivity index (χ1) is 14.8. The van der Waals surface area contributed by atoms with Gasteiger partial charge in [-0.1, -0.05) is 49.4 Å². The highest BCUT2D eigenvalue weighted by Crippen LogP contribution is 2.29. The van der Waals surface area contributed by atoms with Gasteiger partial charge in [0, 0.05) is 13.6 Å². The van der Waals surface area contributed by atoms with E-state index < -0.39 is 34.4 Å². The second-order valence-corrected chi connectivity index (χ2v) is 9.00. The minimum absolute atomic E-state index is 0.0458. The third-order valence-corrected chi connectivity index (χ3v) is 7.09. The molecule has 0 fully saturated rings. The highest BCUT2D eigenvalue weighted by molar-refractivity contribution is 7.90. The number of carbonyl (C=O) groups excluding carboxylic acids is 3. The largest absolute Gasteiger partial charge is 0.357 e. The molecule has 1 unspecified atom stereocenters. The number of hydrogen-bond donors (Lipinski definition) is 1. The van der Waals surface area contributed by atoms with Crippen LogP contribution >= 0.6 is 0 Å². The zero-order valence-electron chi connectivity index (χ0n) is 17.4. The monoisotopic (exact) mass is 443 g/mol. The molecule has 0 bridgehead atoms. The maximum atomic E-state index is 13.2. The number of nitrogens with one attached hydrogen (secondary N) is 1. The fourth-order valence-corrected chi connectivity index (χ4v) is 5.18. The minimum Gasteiger partial charge on any atom is -0.357 e. The molecule has 1 aliphatic rings. The Hall–Kier alpha value is -3.20. The fraction of sp³-hybridized carbons (Fsp3) is 0.318. The Balaban J connectivity index is 1.86. The Bertz CT molecular complexity index is 1090. The van der Waals surface area contributed by atoms with Crippen LogP contribution in [0, 0.1) is 0 Å². The molecule has 0 radical (unpaired) electrons. The maximum absolute atomic E-state index is 13.2. The molecule has 31 heavy (non-hydrogen) atoms.